The maximum absolute atomic E-state index is 13.0. The number of phenols is 1. The number of hydrogen-bond donors (Lipinski definition) is 2. The van der Waals surface area contributed by atoms with Gasteiger partial charge in [-0.3, -0.25) is 4.79 Å². The second-order valence-corrected chi connectivity index (χ2v) is 9.66. The van der Waals surface area contributed by atoms with E-state index in [4.69, 9.17) is 0 Å². The van der Waals surface area contributed by atoms with Crippen LogP contribution in [0.2, 0.25) is 0 Å². The Morgan fingerprint density at radius 3 is 2.11 bits per heavy atom. The second-order valence-electron chi connectivity index (χ2n) is 9.66. The van der Waals surface area contributed by atoms with E-state index in [1.165, 1.54) is 0 Å². The minimum atomic E-state index is -0.384. The van der Waals surface area contributed by atoms with Gasteiger partial charge >= 0.3 is 0 Å². The van der Waals surface area contributed by atoms with E-state index in [-0.39, 0.29) is 22.8 Å². The fourth-order valence-electron chi connectivity index (χ4n) is 3.47. The van der Waals surface area contributed by atoms with Crippen LogP contribution in [-0.4, -0.2) is 22.5 Å². The highest BCUT2D eigenvalue weighted by molar-refractivity contribution is 5.89. The van der Waals surface area contributed by atoms with Crippen LogP contribution in [0.15, 0.2) is 42.5 Å². The molecule has 2 N–H and O–H groups in total. The van der Waals surface area contributed by atoms with Crippen molar-refractivity contribution in [3.05, 3.63) is 53.6 Å². The van der Waals surface area contributed by atoms with Gasteiger partial charge in [-0.25, -0.2) is 0 Å². The number of ketones is 1. The van der Waals surface area contributed by atoms with Crippen LogP contribution < -0.4 is 5.32 Å². The van der Waals surface area contributed by atoms with Crippen molar-refractivity contribution < 1.29 is 9.90 Å². The summed E-state index contributed by atoms with van der Waals surface area (Å²) in [6.45, 7) is 14.3. The van der Waals surface area contributed by atoms with Crippen LogP contribution in [0.5, 0.6) is 5.75 Å². The smallest absolute Gasteiger partial charge is 0.155 e. The molecule has 3 nitrogen and oxygen atoms in total. The van der Waals surface area contributed by atoms with Gasteiger partial charge in [0, 0.05) is 11.0 Å². The Kier molecular flexibility index (Phi) is 6.71. The van der Waals surface area contributed by atoms with Gasteiger partial charge in [-0.15, -0.1) is 0 Å². The number of carbonyl (C=O) groups excluding carboxylic acids is 1. The molecule has 0 radical (unpaired) electrons. The molecule has 0 amide bonds. The number of Topliss-reactive ketones (excluding diaryl/α,β-unsaturated/α-hetero) is 1. The minimum Gasteiger partial charge on any atom is -0.508 e. The Bertz CT molecular complexity index is 808. The monoisotopic (exact) mass is 381 g/mol. The third kappa shape index (κ3) is 5.93. The number of hydrogen-bond acceptors (Lipinski definition) is 3. The normalized spacial score (nSPS) is 13.4. The Labute approximate surface area is 170 Å². The first-order valence-corrected chi connectivity index (χ1v) is 10.1. The largest absolute Gasteiger partial charge is 0.508 e. The summed E-state index contributed by atoms with van der Waals surface area (Å²) in [4.78, 5) is 13.0. The number of benzene rings is 2. The Hall–Kier alpha value is -2.13. The van der Waals surface area contributed by atoms with Crippen LogP contribution in [0, 0.1) is 5.41 Å². The molecule has 152 valence electrons. The number of phenolic OH excluding ortho intramolecular Hbond substituents is 1. The summed E-state index contributed by atoms with van der Waals surface area (Å²) in [6, 6.07) is 13.7. The first-order chi connectivity index (χ1) is 12.9. The predicted molar refractivity (Wildman–Crippen MR) is 118 cm³/mol. The molecule has 2 aromatic carbocycles. The lowest BCUT2D eigenvalue weighted by Gasteiger charge is -2.32. The molecule has 0 saturated carbocycles. The highest BCUT2D eigenvalue weighted by Gasteiger charge is 2.32. The first kappa shape index (κ1) is 22.2. The van der Waals surface area contributed by atoms with Crippen LogP contribution in [0.25, 0.3) is 11.1 Å². The Morgan fingerprint density at radius 1 is 1.00 bits per heavy atom. The van der Waals surface area contributed by atoms with Crippen molar-refractivity contribution in [3.63, 3.8) is 0 Å². The third-order valence-electron chi connectivity index (χ3n) is 4.84. The lowest BCUT2D eigenvalue weighted by Crippen LogP contribution is -2.51. The van der Waals surface area contributed by atoms with E-state index >= 15 is 0 Å². The fraction of sp³-hybridized carbons (Fsp3) is 0.480. The Morgan fingerprint density at radius 2 is 1.61 bits per heavy atom. The molecule has 0 fully saturated rings. The average molecular weight is 382 g/mol. The van der Waals surface area contributed by atoms with E-state index in [0.29, 0.717) is 12.2 Å². The number of aromatic hydroxyl groups is 1. The summed E-state index contributed by atoms with van der Waals surface area (Å²) in [5.74, 6) is 0.535. The minimum absolute atomic E-state index is 0.131. The van der Waals surface area contributed by atoms with Gasteiger partial charge in [-0.2, -0.15) is 0 Å². The molecular formula is C25H35NO2. The third-order valence-corrected chi connectivity index (χ3v) is 4.84. The number of aryl methyl sites for hydroxylation is 1. The summed E-state index contributed by atoms with van der Waals surface area (Å²) in [5, 5.41) is 13.2. The van der Waals surface area contributed by atoms with Crippen molar-refractivity contribution >= 4 is 5.78 Å². The number of carbonyl (C=O) groups is 1. The van der Waals surface area contributed by atoms with Gasteiger partial charge in [-0.05, 0) is 68.0 Å². The topological polar surface area (TPSA) is 49.3 Å². The van der Waals surface area contributed by atoms with Crippen LogP contribution in [0.4, 0.5) is 0 Å². The van der Waals surface area contributed by atoms with Crippen molar-refractivity contribution in [1.29, 1.82) is 0 Å². The summed E-state index contributed by atoms with van der Waals surface area (Å²) in [5.41, 5.74) is 4.02. The zero-order valence-corrected chi connectivity index (χ0v) is 18.4. The molecule has 0 saturated heterocycles. The van der Waals surface area contributed by atoms with Crippen LogP contribution in [0.3, 0.4) is 0 Å². The molecule has 0 aliphatic rings. The Balaban J connectivity index is 2.27. The summed E-state index contributed by atoms with van der Waals surface area (Å²) in [7, 11) is 0. The van der Waals surface area contributed by atoms with E-state index in [9.17, 15) is 9.90 Å². The van der Waals surface area contributed by atoms with Crippen molar-refractivity contribution in [2.45, 2.75) is 72.9 Å². The van der Waals surface area contributed by atoms with Crippen molar-refractivity contribution in [2.24, 2.45) is 5.41 Å². The van der Waals surface area contributed by atoms with Crippen LogP contribution in [0.1, 0.15) is 59.6 Å². The van der Waals surface area contributed by atoms with E-state index in [1.54, 1.807) is 6.07 Å². The lowest BCUT2D eigenvalue weighted by molar-refractivity contribution is -0.128. The standard InChI is InChI=1S/C25H35NO2/c1-8-18-16-20(27)13-14-21(18)19-11-9-17(10-12-19)15-22(26-25(5,6)7)23(28)24(2,3)4/h9-14,16,22,26-27H,8,15H2,1-7H3/t22-/m0/s1. The van der Waals surface area contributed by atoms with Gasteiger partial charge in [0.05, 0.1) is 6.04 Å². The maximum atomic E-state index is 13.0. The molecule has 1 atom stereocenters. The average Bonchev–Trinajstić information content (AvgIpc) is 2.59. The highest BCUT2D eigenvalue weighted by atomic mass is 16.3. The quantitative estimate of drug-likeness (QED) is 0.691. The maximum Gasteiger partial charge on any atom is 0.155 e. The zero-order valence-electron chi connectivity index (χ0n) is 18.4. The SMILES string of the molecule is CCc1cc(O)ccc1-c1ccc(C[C@H](NC(C)(C)C)C(=O)C(C)(C)C)cc1. The van der Waals surface area contributed by atoms with Crippen molar-refractivity contribution in [3.8, 4) is 16.9 Å². The van der Waals surface area contributed by atoms with Crippen LogP contribution in [-0.2, 0) is 17.6 Å². The molecule has 2 rings (SSSR count). The molecule has 3 heteroatoms. The zero-order chi connectivity index (χ0) is 21.1. The fourth-order valence-corrected chi connectivity index (χ4v) is 3.47. The summed E-state index contributed by atoms with van der Waals surface area (Å²) in [6.07, 6.45) is 1.53. The van der Waals surface area contributed by atoms with E-state index in [1.807, 2.05) is 32.9 Å². The molecule has 0 aliphatic heterocycles. The summed E-state index contributed by atoms with van der Waals surface area (Å²) < 4.78 is 0. The molecule has 0 spiro atoms. The molecular weight excluding hydrogens is 346 g/mol. The van der Waals surface area contributed by atoms with E-state index < -0.39 is 0 Å². The van der Waals surface area contributed by atoms with Crippen molar-refractivity contribution in [1.82, 2.24) is 5.32 Å². The van der Waals surface area contributed by atoms with Gasteiger partial charge in [0.15, 0.2) is 5.78 Å². The molecule has 28 heavy (non-hydrogen) atoms. The van der Waals surface area contributed by atoms with Gasteiger partial charge in [-0.1, -0.05) is 58.0 Å². The number of rotatable bonds is 6. The molecule has 0 bridgehead atoms. The molecule has 0 aromatic heterocycles. The molecule has 0 aliphatic carbocycles. The van der Waals surface area contributed by atoms with Gasteiger partial charge in [0.1, 0.15) is 5.75 Å². The lowest BCUT2D eigenvalue weighted by atomic mass is 9.83. The predicted octanol–water partition coefficient (Wildman–Crippen LogP) is 5.54. The molecule has 0 heterocycles. The molecule has 2 aromatic rings. The molecule has 0 unspecified atom stereocenters. The number of nitrogens with one attached hydrogen (secondary N) is 1. The van der Waals surface area contributed by atoms with Gasteiger partial charge in [0.25, 0.3) is 0 Å². The second kappa shape index (κ2) is 8.48. The van der Waals surface area contributed by atoms with Gasteiger partial charge in [0.2, 0.25) is 0 Å². The first-order valence-electron chi connectivity index (χ1n) is 10.1. The van der Waals surface area contributed by atoms with Crippen molar-refractivity contribution in [2.75, 3.05) is 0 Å². The van der Waals surface area contributed by atoms with Gasteiger partial charge < -0.3 is 10.4 Å². The summed E-state index contributed by atoms with van der Waals surface area (Å²) >= 11 is 0. The van der Waals surface area contributed by atoms with E-state index in [2.05, 4.69) is 57.3 Å². The van der Waals surface area contributed by atoms with Crippen LogP contribution >= 0.6 is 0 Å². The van der Waals surface area contributed by atoms with E-state index in [0.717, 1.165) is 28.7 Å². The highest BCUT2D eigenvalue weighted by Crippen LogP contribution is 2.28.